The second-order valence-corrected chi connectivity index (χ2v) is 5.07. The Morgan fingerprint density at radius 1 is 1.47 bits per heavy atom. The Morgan fingerprint density at radius 2 is 2.20 bits per heavy atom. The van der Waals surface area contributed by atoms with E-state index in [4.69, 9.17) is 0 Å². The van der Waals surface area contributed by atoms with Gasteiger partial charge in [0.15, 0.2) is 0 Å². The lowest BCUT2D eigenvalue weighted by atomic mass is 9.86. The van der Waals surface area contributed by atoms with Crippen molar-refractivity contribution in [2.75, 3.05) is 13.6 Å². The van der Waals surface area contributed by atoms with Crippen molar-refractivity contribution in [3.8, 4) is 0 Å². The normalized spacial score (nSPS) is 22.8. The van der Waals surface area contributed by atoms with Gasteiger partial charge in [-0.25, -0.2) is 4.39 Å². The summed E-state index contributed by atoms with van der Waals surface area (Å²) < 4.78 is 13.2. The van der Waals surface area contributed by atoms with E-state index in [1.807, 2.05) is 13.1 Å². The summed E-state index contributed by atoms with van der Waals surface area (Å²) in [6.07, 6.45) is 1.10. The van der Waals surface area contributed by atoms with Crippen molar-refractivity contribution in [3.63, 3.8) is 0 Å². The lowest BCUT2D eigenvalue weighted by molar-refractivity contribution is 0.465. The van der Waals surface area contributed by atoms with E-state index in [9.17, 15) is 4.39 Å². The SMILES string of the molecule is CNCC1CC(C)(C)c2cc(F)ccc21. The van der Waals surface area contributed by atoms with Crippen molar-refractivity contribution in [3.05, 3.63) is 35.1 Å². The molecule has 1 aromatic carbocycles. The predicted octanol–water partition coefficient (Wildman–Crippen LogP) is 2.81. The minimum Gasteiger partial charge on any atom is -0.319 e. The van der Waals surface area contributed by atoms with E-state index in [0.717, 1.165) is 13.0 Å². The van der Waals surface area contributed by atoms with Gasteiger partial charge in [0.2, 0.25) is 0 Å². The summed E-state index contributed by atoms with van der Waals surface area (Å²) in [6.45, 7) is 5.37. The first-order valence-corrected chi connectivity index (χ1v) is 5.49. The molecule has 1 aliphatic rings. The van der Waals surface area contributed by atoms with Crippen LogP contribution in [0.2, 0.25) is 0 Å². The van der Waals surface area contributed by atoms with Crippen LogP contribution in [-0.2, 0) is 5.41 Å². The third kappa shape index (κ3) is 1.78. The number of fused-ring (bicyclic) bond motifs is 1. The maximum absolute atomic E-state index is 13.2. The Hall–Kier alpha value is -0.890. The van der Waals surface area contributed by atoms with Crippen molar-refractivity contribution in [1.29, 1.82) is 0 Å². The molecule has 1 atom stereocenters. The van der Waals surface area contributed by atoms with Crippen LogP contribution in [0.25, 0.3) is 0 Å². The van der Waals surface area contributed by atoms with E-state index in [-0.39, 0.29) is 11.2 Å². The molecule has 0 fully saturated rings. The van der Waals surface area contributed by atoms with Crippen LogP contribution in [0.1, 0.15) is 37.3 Å². The molecular formula is C13H18FN. The fourth-order valence-electron chi connectivity index (χ4n) is 2.74. The van der Waals surface area contributed by atoms with Crippen molar-refractivity contribution in [2.45, 2.75) is 31.6 Å². The highest BCUT2D eigenvalue weighted by atomic mass is 19.1. The molecule has 0 saturated carbocycles. The summed E-state index contributed by atoms with van der Waals surface area (Å²) >= 11 is 0. The van der Waals surface area contributed by atoms with E-state index in [0.29, 0.717) is 5.92 Å². The zero-order valence-electron chi connectivity index (χ0n) is 9.60. The van der Waals surface area contributed by atoms with Gasteiger partial charge in [0.25, 0.3) is 0 Å². The third-order valence-corrected chi connectivity index (χ3v) is 3.39. The Kier molecular flexibility index (Phi) is 2.55. The average Bonchev–Trinajstić information content (AvgIpc) is 2.39. The minimum atomic E-state index is -0.119. The first kappa shape index (κ1) is 10.6. The smallest absolute Gasteiger partial charge is 0.123 e. The molecule has 1 aliphatic carbocycles. The molecule has 1 N–H and O–H groups in total. The first-order valence-electron chi connectivity index (χ1n) is 5.49. The van der Waals surface area contributed by atoms with E-state index < -0.39 is 0 Å². The summed E-state index contributed by atoms with van der Waals surface area (Å²) in [6, 6.07) is 5.22. The maximum atomic E-state index is 13.2. The Balaban J connectivity index is 2.43. The van der Waals surface area contributed by atoms with Crippen LogP contribution in [0, 0.1) is 5.82 Å². The summed E-state index contributed by atoms with van der Waals surface area (Å²) in [7, 11) is 1.97. The van der Waals surface area contributed by atoms with E-state index in [1.54, 1.807) is 12.1 Å². The van der Waals surface area contributed by atoms with Gasteiger partial charge in [-0.3, -0.25) is 0 Å². The summed E-state index contributed by atoms with van der Waals surface area (Å²) in [5.74, 6) is 0.410. The standard InChI is InChI=1S/C13H18FN/c1-13(2)7-9(8-15-3)11-5-4-10(14)6-12(11)13/h4-6,9,15H,7-8H2,1-3H3. The minimum absolute atomic E-state index is 0.110. The van der Waals surface area contributed by atoms with Gasteiger partial charge in [-0.1, -0.05) is 19.9 Å². The summed E-state index contributed by atoms with van der Waals surface area (Å²) in [5, 5.41) is 3.21. The van der Waals surface area contributed by atoms with Crippen LogP contribution in [-0.4, -0.2) is 13.6 Å². The largest absolute Gasteiger partial charge is 0.319 e. The van der Waals surface area contributed by atoms with Crippen molar-refractivity contribution in [2.24, 2.45) is 0 Å². The molecule has 0 spiro atoms. The zero-order chi connectivity index (χ0) is 11.1. The molecule has 15 heavy (non-hydrogen) atoms. The molecule has 0 aromatic heterocycles. The molecule has 0 aliphatic heterocycles. The van der Waals surface area contributed by atoms with Crippen LogP contribution in [0.15, 0.2) is 18.2 Å². The number of halogens is 1. The molecule has 0 radical (unpaired) electrons. The monoisotopic (exact) mass is 207 g/mol. The van der Waals surface area contributed by atoms with Gasteiger partial charge >= 0.3 is 0 Å². The number of likely N-dealkylation sites (N-methyl/N-ethyl adjacent to an activating group) is 1. The molecule has 0 bridgehead atoms. The fourth-order valence-corrected chi connectivity index (χ4v) is 2.74. The molecular weight excluding hydrogens is 189 g/mol. The highest BCUT2D eigenvalue weighted by Crippen LogP contribution is 2.45. The number of hydrogen-bond donors (Lipinski definition) is 1. The van der Waals surface area contributed by atoms with Gasteiger partial charge in [-0.05, 0) is 48.1 Å². The topological polar surface area (TPSA) is 12.0 Å². The number of nitrogens with one attached hydrogen (secondary N) is 1. The molecule has 1 aromatic rings. The molecule has 0 saturated heterocycles. The molecule has 0 heterocycles. The molecule has 2 rings (SSSR count). The van der Waals surface area contributed by atoms with Gasteiger partial charge in [-0.15, -0.1) is 0 Å². The zero-order valence-corrected chi connectivity index (χ0v) is 9.60. The van der Waals surface area contributed by atoms with Crippen LogP contribution >= 0.6 is 0 Å². The first-order chi connectivity index (χ1) is 7.04. The maximum Gasteiger partial charge on any atom is 0.123 e. The van der Waals surface area contributed by atoms with Crippen LogP contribution in [0.4, 0.5) is 4.39 Å². The second-order valence-electron chi connectivity index (χ2n) is 5.07. The fraction of sp³-hybridized carbons (Fsp3) is 0.538. The lowest BCUT2D eigenvalue weighted by Crippen LogP contribution is -2.17. The quantitative estimate of drug-likeness (QED) is 0.786. The highest BCUT2D eigenvalue weighted by molar-refractivity contribution is 5.42. The van der Waals surface area contributed by atoms with Crippen molar-refractivity contribution >= 4 is 0 Å². The summed E-state index contributed by atoms with van der Waals surface area (Å²) in [5.41, 5.74) is 2.61. The molecule has 2 heteroatoms. The van der Waals surface area contributed by atoms with E-state index in [2.05, 4.69) is 19.2 Å². The van der Waals surface area contributed by atoms with Gasteiger partial charge < -0.3 is 5.32 Å². The lowest BCUT2D eigenvalue weighted by Gasteiger charge is -2.19. The van der Waals surface area contributed by atoms with Gasteiger partial charge in [0.1, 0.15) is 5.82 Å². The Labute approximate surface area is 90.7 Å². The summed E-state index contributed by atoms with van der Waals surface area (Å²) in [4.78, 5) is 0. The third-order valence-electron chi connectivity index (χ3n) is 3.39. The number of rotatable bonds is 2. The number of benzene rings is 1. The molecule has 1 unspecified atom stereocenters. The van der Waals surface area contributed by atoms with E-state index >= 15 is 0 Å². The van der Waals surface area contributed by atoms with E-state index in [1.165, 1.54) is 11.1 Å². The van der Waals surface area contributed by atoms with Crippen LogP contribution in [0.3, 0.4) is 0 Å². The van der Waals surface area contributed by atoms with Crippen LogP contribution < -0.4 is 5.32 Å². The molecule has 1 nitrogen and oxygen atoms in total. The Morgan fingerprint density at radius 3 is 2.87 bits per heavy atom. The van der Waals surface area contributed by atoms with Crippen LogP contribution in [0.5, 0.6) is 0 Å². The highest BCUT2D eigenvalue weighted by Gasteiger charge is 2.36. The molecule has 82 valence electrons. The number of hydrogen-bond acceptors (Lipinski definition) is 1. The van der Waals surface area contributed by atoms with Gasteiger partial charge in [-0.2, -0.15) is 0 Å². The second kappa shape index (κ2) is 3.60. The molecule has 0 amide bonds. The average molecular weight is 207 g/mol. The Bertz CT molecular complexity index is 371. The van der Waals surface area contributed by atoms with Gasteiger partial charge in [0, 0.05) is 6.54 Å². The van der Waals surface area contributed by atoms with Crippen molar-refractivity contribution in [1.82, 2.24) is 5.32 Å². The van der Waals surface area contributed by atoms with Crippen molar-refractivity contribution < 1.29 is 4.39 Å². The van der Waals surface area contributed by atoms with Gasteiger partial charge in [0.05, 0.1) is 0 Å². The predicted molar refractivity (Wildman–Crippen MR) is 60.7 cm³/mol.